The molecule has 110 valence electrons. The Bertz CT molecular complexity index is 460. The van der Waals surface area contributed by atoms with Gasteiger partial charge in [0.2, 0.25) is 5.91 Å². The molecule has 0 saturated carbocycles. The maximum absolute atomic E-state index is 11.7. The zero-order chi connectivity index (χ0) is 15.0. The zero-order valence-corrected chi connectivity index (χ0v) is 12.3. The number of amides is 1. The molecule has 0 saturated heterocycles. The van der Waals surface area contributed by atoms with Gasteiger partial charge in [0.25, 0.3) is 0 Å². The summed E-state index contributed by atoms with van der Waals surface area (Å²) in [7, 11) is 3.23. The molecule has 1 N–H and O–H groups in total. The van der Waals surface area contributed by atoms with Crippen molar-refractivity contribution in [3.05, 3.63) is 35.4 Å². The second kappa shape index (κ2) is 8.32. The monoisotopic (exact) mass is 278 g/mol. The molecule has 0 aliphatic heterocycles. The summed E-state index contributed by atoms with van der Waals surface area (Å²) < 4.78 is 4.50. The lowest BCUT2D eigenvalue weighted by Crippen LogP contribution is -2.36. The van der Waals surface area contributed by atoms with Gasteiger partial charge in [0, 0.05) is 13.1 Å². The number of likely N-dealkylation sites (N-methyl/N-ethyl adjacent to an activating group) is 1. The highest BCUT2D eigenvalue weighted by Gasteiger charge is 2.08. The number of rotatable bonds is 7. The molecule has 0 fully saturated rings. The van der Waals surface area contributed by atoms with Gasteiger partial charge in [-0.15, -0.1) is 0 Å². The zero-order valence-electron chi connectivity index (χ0n) is 12.3. The Morgan fingerprint density at radius 1 is 1.30 bits per heavy atom. The maximum atomic E-state index is 11.7. The molecule has 1 aromatic rings. The number of hydrogen-bond donors (Lipinski definition) is 1. The summed E-state index contributed by atoms with van der Waals surface area (Å²) in [4.78, 5) is 24.5. The Morgan fingerprint density at radius 3 is 2.65 bits per heavy atom. The van der Waals surface area contributed by atoms with Crippen molar-refractivity contribution in [3.8, 4) is 0 Å². The third-order valence-electron chi connectivity index (χ3n) is 2.99. The van der Waals surface area contributed by atoms with Gasteiger partial charge in [-0.3, -0.25) is 14.5 Å². The van der Waals surface area contributed by atoms with Gasteiger partial charge in [-0.25, -0.2) is 0 Å². The van der Waals surface area contributed by atoms with E-state index in [1.54, 1.807) is 0 Å². The molecule has 5 nitrogen and oxygen atoms in total. The van der Waals surface area contributed by atoms with Crippen LogP contribution < -0.4 is 5.32 Å². The van der Waals surface area contributed by atoms with Crippen molar-refractivity contribution in [2.75, 3.05) is 27.2 Å². The molecule has 0 atom stereocenters. The van der Waals surface area contributed by atoms with Crippen LogP contribution >= 0.6 is 0 Å². The third-order valence-corrected chi connectivity index (χ3v) is 2.99. The number of esters is 1. The molecule has 0 heterocycles. The predicted octanol–water partition coefficient (Wildman–Crippen LogP) is 1.11. The number of benzene rings is 1. The van der Waals surface area contributed by atoms with E-state index >= 15 is 0 Å². The number of carbonyl (C=O) groups excluding carboxylic acids is 2. The lowest BCUT2D eigenvalue weighted by Gasteiger charge is -2.17. The first kappa shape index (κ1) is 16.2. The number of nitrogens with one attached hydrogen (secondary N) is 1. The van der Waals surface area contributed by atoms with Crippen LogP contribution in [-0.2, 0) is 20.9 Å². The number of carbonyl (C=O) groups is 2. The summed E-state index contributed by atoms with van der Waals surface area (Å²) >= 11 is 0. The lowest BCUT2D eigenvalue weighted by molar-refractivity contribution is -0.140. The summed E-state index contributed by atoms with van der Waals surface area (Å²) in [5.41, 5.74) is 2.42. The van der Waals surface area contributed by atoms with Gasteiger partial charge >= 0.3 is 5.97 Å². The summed E-state index contributed by atoms with van der Waals surface area (Å²) in [5.74, 6) is -0.413. The predicted molar refractivity (Wildman–Crippen MR) is 77.2 cm³/mol. The minimum absolute atomic E-state index is 0.0926. The number of nitrogens with zero attached hydrogens (tertiary/aromatic N) is 1. The van der Waals surface area contributed by atoms with Gasteiger partial charge < -0.3 is 10.1 Å². The first-order chi connectivity index (χ1) is 9.52. The quantitative estimate of drug-likeness (QED) is 0.759. The molecule has 0 aliphatic rings. The van der Waals surface area contributed by atoms with Crippen molar-refractivity contribution in [1.82, 2.24) is 10.2 Å². The minimum Gasteiger partial charge on any atom is -0.469 e. The van der Waals surface area contributed by atoms with Crippen LogP contribution in [0.1, 0.15) is 17.5 Å². The van der Waals surface area contributed by atoms with Crippen molar-refractivity contribution in [2.24, 2.45) is 0 Å². The summed E-state index contributed by atoms with van der Waals surface area (Å²) in [6, 6.07) is 8.10. The van der Waals surface area contributed by atoms with Crippen LogP contribution in [0.4, 0.5) is 0 Å². The first-order valence-electron chi connectivity index (χ1n) is 6.59. The van der Waals surface area contributed by atoms with E-state index in [1.807, 2.05) is 24.1 Å². The van der Waals surface area contributed by atoms with Crippen LogP contribution in [0.5, 0.6) is 0 Å². The lowest BCUT2D eigenvalue weighted by atomic mass is 10.1. The standard InChI is InChI=1S/C15H22N2O3/c1-12-6-4-5-7-13(12)10-17(2)11-14(18)16-9-8-15(19)20-3/h4-7H,8-11H2,1-3H3,(H,16,18). The van der Waals surface area contributed by atoms with Gasteiger partial charge in [0.05, 0.1) is 20.1 Å². The second-order valence-electron chi connectivity index (χ2n) is 4.77. The van der Waals surface area contributed by atoms with Crippen LogP contribution in [0.3, 0.4) is 0 Å². The van der Waals surface area contributed by atoms with E-state index in [0.717, 1.165) is 6.54 Å². The Hall–Kier alpha value is -1.88. The van der Waals surface area contributed by atoms with E-state index in [1.165, 1.54) is 18.2 Å². The molecule has 1 rings (SSSR count). The molecule has 1 amide bonds. The van der Waals surface area contributed by atoms with E-state index in [2.05, 4.69) is 29.1 Å². The highest BCUT2D eigenvalue weighted by atomic mass is 16.5. The average Bonchev–Trinajstić information content (AvgIpc) is 2.41. The minimum atomic E-state index is -0.321. The molecule has 20 heavy (non-hydrogen) atoms. The molecular weight excluding hydrogens is 256 g/mol. The van der Waals surface area contributed by atoms with Gasteiger partial charge in [-0.05, 0) is 25.1 Å². The smallest absolute Gasteiger partial charge is 0.307 e. The summed E-state index contributed by atoms with van der Waals surface area (Å²) in [6.45, 7) is 3.38. The maximum Gasteiger partial charge on any atom is 0.307 e. The fourth-order valence-corrected chi connectivity index (χ4v) is 1.84. The van der Waals surface area contributed by atoms with E-state index in [0.29, 0.717) is 13.1 Å². The SMILES string of the molecule is COC(=O)CCNC(=O)CN(C)Cc1ccccc1C. The molecule has 0 aliphatic carbocycles. The van der Waals surface area contributed by atoms with Crippen LogP contribution in [0.2, 0.25) is 0 Å². The fourth-order valence-electron chi connectivity index (χ4n) is 1.84. The van der Waals surface area contributed by atoms with Crippen LogP contribution in [-0.4, -0.2) is 44.0 Å². The van der Waals surface area contributed by atoms with E-state index < -0.39 is 0 Å². The molecule has 0 radical (unpaired) electrons. The highest BCUT2D eigenvalue weighted by molar-refractivity contribution is 5.78. The molecule has 0 aromatic heterocycles. The normalized spacial score (nSPS) is 10.4. The van der Waals surface area contributed by atoms with Crippen molar-refractivity contribution in [1.29, 1.82) is 0 Å². The second-order valence-corrected chi connectivity index (χ2v) is 4.77. The summed E-state index contributed by atoms with van der Waals surface area (Å²) in [5, 5.41) is 2.70. The van der Waals surface area contributed by atoms with E-state index in [4.69, 9.17) is 0 Å². The number of methoxy groups -OCH3 is 1. The van der Waals surface area contributed by atoms with E-state index in [-0.39, 0.29) is 18.3 Å². The van der Waals surface area contributed by atoms with Crippen molar-refractivity contribution in [3.63, 3.8) is 0 Å². The van der Waals surface area contributed by atoms with Gasteiger partial charge in [-0.2, -0.15) is 0 Å². The van der Waals surface area contributed by atoms with Crippen LogP contribution in [0.25, 0.3) is 0 Å². The van der Waals surface area contributed by atoms with Gasteiger partial charge in [0.1, 0.15) is 0 Å². The first-order valence-corrected chi connectivity index (χ1v) is 6.59. The average molecular weight is 278 g/mol. The summed E-state index contributed by atoms with van der Waals surface area (Å²) in [6.07, 6.45) is 0.198. The number of ether oxygens (including phenoxy) is 1. The highest BCUT2D eigenvalue weighted by Crippen LogP contribution is 2.08. The van der Waals surface area contributed by atoms with E-state index in [9.17, 15) is 9.59 Å². The molecular formula is C15H22N2O3. The third kappa shape index (κ3) is 5.84. The molecule has 5 heteroatoms. The van der Waals surface area contributed by atoms with Crippen molar-refractivity contribution >= 4 is 11.9 Å². The number of hydrogen-bond acceptors (Lipinski definition) is 4. The Balaban J connectivity index is 2.31. The van der Waals surface area contributed by atoms with Crippen LogP contribution in [0.15, 0.2) is 24.3 Å². The van der Waals surface area contributed by atoms with Crippen molar-refractivity contribution in [2.45, 2.75) is 19.9 Å². The largest absolute Gasteiger partial charge is 0.469 e. The molecule has 0 unspecified atom stereocenters. The van der Waals surface area contributed by atoms with Gasteiger partial charge in [0.15, 0.2) is 0 Å². The van der Waals surface area contributed by atoms with Gasteiger partial charge in [-0.1, -0.05) is 24.3 Å². The topological polar surface area (TPSA) is 58.6 Å². The van der Waals surface area contributed by atoms with Crippen LogP contribution in [0, 0.1) is 6.92 Å². The molecule has 0 spiro atoms. The fraction of sp³-hybridized carbons (Fsp3) is 0.467. The van der Waals surface area contributed by atoms with Crippen molar-refractivity contribution < 1.29 is 14.3 Å². The number of aryl methyl sites for hydroxylation is 1. The Morgan fingerprint density at radius 2 is 2.00 bits per heavy atom. The Labute approximate surface area is 119 Å². The molecule has 0 bridgehead atoms. The Kier molecular flexibility index (Phi) is 6.73. The molecule has 1 aromatic carbocycles.